The zero-order valence-electron chi connectivity index (χ0n) is 12.7. The maximum absolute atomic E-state index is 5.80. The van der Waals surface area contributed by atoms with Crippen molar-refractivity contribution >= 4 is 0 Å². The van der Waals surface area contributed by atoms with Crippen LogP contribution in [0.2, 0.25) is 0 Å². The van der Waals surface area contributed by atoms with E-state index in [2.05, 4.69) is 19.2 Å². The second-order valence-corrected chi connectivity index (χ2v) is 4.86. The zero-order chi connectivity index (χ0) is 14.9. The van der Waals surface area contributed by atoms with Crippen LogP contribution >= 0.6 is 0 Å². The van der Waals surface area contributed by atoms with Gasteiger partial charge in [-0.2, -0.15) is 0 Å². The molecule has 0 spiro atoms. The first-order valence-electron chi connectivity index (χ1n) is 7.51. The van der Waals surface area contributed by atoms with E-state index in [0.29, 0.717) is 12.6 Å². The summed E-state index contributed by atoms with van der Waals surface area (Å²) in [6.45, 7) is 5.92. The summed E-state index contributed by atoms with van der Waals surface area (Å²) in [4.78, 5) is 0. The van der Waals surface area contributed by atoms with Crippen LogP contribution < -0.4 is 14.8 Å². The van der Waals surface area contributed by atoms with Gasteiger partial charge in [0.2, 0.25) is 0 Å². The van der Waals surface area contributed by atoms with Crippen LogP contribution in [0.5, 0.6) is 17.2 Å². The van der Waals surface area contributed by atoms with Gasteiger partial charge in [-0.3, -0.25) is 0 Å². The first-order valence-corrected chi connectivity index (χ1v) is 7.51. The fourth-order valence-corrected chi connectivity index (χ4v) is 2.04. The van der Waals surface area contributed by atoms with Crippen molar-refractivity contribution in [3.63, 3.8) is 0 Å². The van der Waals surface area contributed by atoms with Gasteiger partial charge >= 0.3 is 0 Å². The maximum Gasteiger partial charge on any atom is 0.127 e. The van der Waals surface area contributed by atoms with Crippen molar-refractivity contribution < 1.29 is 9.47 Å². The molecule has 21 heavy (non-hydrogen) atoms. The summed E-state index contributed by atoms with van der Waals surface area (Å²) in [7, 11) is 0. The van der Waals surface area contributed by atoms with Crippen molar-refractivity contribution in [2.24, 2.45) is 0 Å². The molecular weight excluding hydrogens is 262 g/mol. The molecule has 3 nitrogen and oxygen atoms in total. The Bertz CT molecular complexity index is 511. The van der Waals surface area contributed by atoms with E-state index in [0.717, 1.165) is 30.2 Å². The number of nitrogens with one attached hydrogen (secondary N) is 1. The highest BCUT2D eigenvalue weighted by Crippen LogP contribution is 2.23. The van der Waals surface area contributed by atoms with Crippen molar-refractivity contribution in [1.82, 2.24) is 5.32 Å². The molecule has 1 atom stereocenters. The van der Waals surface area contributed by atoms with Gasteiger partial charge in [-0.25, -0.2) is 0 Å². The molecule has 3 heteroatoms. The Kier molecular flexibility index (Phi) is 6.10. The molecule has 0 fully saturated rings. The zero-order valence-corrected chi connectivity index (χ0v) is 12.7. The number of likely N-dealkylation sites (N-methyl/N-ethyl adjacent to an activating group) is 1. The van der Waals surface area contributed by atoms with E-state index in [9.17, 15) is 0 Å². The van der Waals surface area contributed by atoms with Crippen LogP contribution in [0.4, 0.5) is 0 Å². The molecule has 0 heterocycles. The third-order valence-electron chi connectivity index (χ3n) is 3.24. The molecule has 0 bridgehead atoms. The number of para-hydroxylation sites is 1. The normalized spacial score (nSPS) is 11.9. The molecule has 0 saturated heterocycles. The van der Waals surface area contributed by atoms with Gasteiger partial charge < -0.3 is 14.8 Å². The second kappa shape index (κ2) is 8.32. The lowest BCUT2D eigenvalue weighted by molar-refractivity contribution is 0.262. The van der Waals surface area contributed by atoms with Gasteiger partial charge in [0.05, 0.1) is 0 Å². The molecule has 0 aliphatic heterocycles. The third kappa shape index (κ3) is 5.12. The number of benzene rings is 2. The molecule has 1 N–H and O–H groups in total. The number of ether oxygens (including phenoxy) is 2. The average Bonchev–Trinajstić information content (AvgIpc) is 2.54. The molecule has 112 valence electrons. The van der Waals surface area contributed by atoms with Crippen molar-refractivity contribution in [1.29, 1.82) is 0 Å². The number of hydrogen-bond donors (Lipinski definition) is 1. The standard InChI is InChI=1S/C18H23NO2/c1-3-15(19-4-2)14-20-16-10-12-18(13-11-16)21-17-8-6-5-7-9-17/h5-13,15,19H,3-4,14H2,1-2H3. The molecule has 0 amide bonds. The Balaban J connectivity index is 1.87. The lowest BCUT2D eigenvalue weighted by Gasteiger charge is -2.16. The lowest BCUT2D eigenvalue weighted by Crippen LogP contribution is -2.33. The summed E-state index contributed by atoms with van der Waals surface area (Å²) in [5.41, 5.74) is 0. The highest BCUT2D eigenvalue weighted by molar-refractivity contribution is 5.35. The minimum Gasteiger partial charge on any atom is -0.492 e. The van der Waals surface area contributed by atoms with E-state index in [1.165, 1.54) is 0 Å². The molecule has 0 radical (unpaired) electrons. The van der Waals surface area contributed by atoms with Crippen LogP contribution in [-0.2, 0) is 0 Å². The molecule has 0 saturated carbocycles. The summed E-state index contributed by atoms with van der Waals surface area (Å²) < 4.78 is 11.5. The average molecular weight is 285 g/mol. The van der Waals surface area contributed by atoms with E-state index in [-0.39, 0.29) is 0 Å². The molecule has 2 aromatic carbocycles. The fourth-order valence-electron chi connectivity index (χ4n) is 2.04. The number of rotatable bonds is 8. The summed E-state index contributed by atoms with van der Waals surface area (Å²) >= 11 is 0. The summed E-state index contributed by atoms with van der Waals surface area (Å²) in [6.07, 6.45) is 1.06. The minimum atomic E-state index is 0.398. The van der Waals surface area contributed by atoms with Crippen LogP contribution in [0.25, 0.3) is 0 Å². The van der Waals surface area contributed by atoms with Gasteiger partial charge in [-0.05, 0) is 49.4 Å². The monoisotopic (exact) mass is 285 g/mol. The van der Waals surface area contributed by atoms with Crippen molar-refractivity contribution in [3.8, 4) is 17.2 Å². The van der Waals surface area contributed by atoms with Crippen molar-refractivity contribution in [2.75, 3.05) is 13.2 Å². The molecule has 2 aromatic rings. The smallest absolute Gasteiger partial charge is 0.127 e. The van der Waals surface area contributed by atoms with E-state index >= 15 is 0 Å². The van der Waals surface area contributed by atoms with Gasteiger partial charge in [-0.15, -0.1) is 0 Å². The predicted molar refractivity (Wildman–Crippen MR) is 86.2 cm³/mol. The Morgan fingerprint density at radius 2 is 1.48 bits per heavy atom. The Hall–Kier alpha value is -2.00. The minimum absolute atomic E-state index is 0.398. The predicted octanol–water partition coefficient (Wildman–Crippen LogP) is 4.25. The first-order chi connectivity index (χ1) is 10.3. The van der Waals surface area contributed by atoms with E-state index in [4.69, 9.17) is 9.47 Å². The van der Waals surface area contributed by atoms with Gasteiger partial charge in [0.15, 0.2) is 0 Å². The molecule has 0 aliphatic carbocycles. The SMILES string of the molecule is CCNC(CC)COc1ccc(Oc2ccccc2)cc1. The van der Waals surface area contributed by atoms with Gasteiger partial charge in [-0.1, -0.05) is 32.0 Å². The summed E-state index contributed by atoms with van der Waals surface area (Å²) in [5, 5.41) is 3.40. The van der Waals surface area contributed by atoms with Crippen LogP contribution in [0, 0.1) is 0 Å². The van der Waals surface area contributed by atoms with Gasteiger partial charge in [0.25, 0.3) is 0 Å². The molecule has 2 rings (SSSR count). The Morgan fingerprint density at radius 3 is 2.10 bits per heavy atom. The summed E-state index contributed by atoms with van der Waals surface area (Å²) in [6, 6.07) is 17.9. The molecule has 1 unspecified atom stereocenters. The number of hydrogen-bond acceptors (Lipinski definition) is 3. The van der Waals surface area contributed by atoms with Crippen molar-refractivity contribution in [3.05, 3.63) is 54.6 Å². The highest BCUT2D eigenvalue weighted by Gasteiger charge is 2.05. The van der Waals surface area contributed by atoms with Crippen LogP contribution in [0.15, 0.2) is 54.6 Å². The molecule has 0 aromatic heterocycles. The largest absolute Gasteiger partial charge is 0.492 e. The van der Waals surface area contributed by atoms with Crippen molar-refractivity contribution in [2.45, 2.75) is 26.3 Å². The van der Waals surface area contributed by atoms with Crippen LogP contribution in [0.1, 0.15) is 20.3 Å². The topological polar surface area (TPSA) is 30.5 Å². The fraction of sp³-hybridized carbons (Fsp3) is 0.333. The lowest BCUT2D eigenvalue weighted by atomic mass is 10.2. The first kappa shape index (κ1) is 15.4. The highest BCUT2D eigenvalue weighted by atomic mass is 16.5. The molecular formula is C18H23NO2. The van der Waals surface area contributed by atoms with E-state index < -0.39 is 0 Å². The maximum atomic E-state index is 5.80. The van der Waals surface area contributed by atoms with E-state index in [1.807, 2.05) is 54.6 Å². The van der Waals surface area contributed by atoms with E-state index in [1.54, 1.807) is 0 Å². The summed E-state index contributed by atoms with van der Waals surface area (Å²) in [5.74, 6) is 2.52. The Labute approximate surface area is 126 Å². The second-order valence-electron chi connectivity index (χ2n) is 4.86. The molecule has 0 aliphatic rings. The van der Waals surface area contributed by atoms with Gasteiger partial charge in [0.1, 0.15) is 23.9 Å². The van der Waals surface area contributed by atoms with Gasteiger partial charge in [0, 0.05) is 6.04 Å². The Morgan fingerprint density at radius 1 is 0.857 bits per heavy atom. The quantitative estimate of drug-likeness (QED) is 0.786. The third-order valence-corrected chi connectivity index (χ3v) is 3.24. The van der Waals surface area contributed by atoms with Crippen LogP contribution in [-0.4, -0.2) is 19.2 Å². The van der Waals surface area contributed by atoms with Crippen LogP contribution in [0.3, 0.4) is 0 Å².